The second-order valence-corrected chi connectivity index (χ2v) is 29.8. The Morgan fingerprint density at radius 2 is 1.40 bits per heavy atom. The van der Waals surface area contributed by atoms with Crippen LogP contribution in [0.3, 0.4) is 0 Å². The number of urea groups is 1. The maximum atomic E-state index is 18.1. The SMILES string of the molecule is CCCC1O[C@@H]2CC3[C@@H]4C[C@H](F)C5=CC(=O)C=C[C@]5(C)[C@@]4(F)[C@@H](O)C[C@]3(C)[C@]2(C(=O)COC(=O)[C@H](CC(C)C)NC(=O)[C@H](CO)NC(=O)OCc2ccc(NC(=O)[C@H](CCCNC(N)=O)NC(=O)[C@@H](NC(=O)CCOCCOCCOCCOCCNC(=O)OCC3[C@H]4CC/C=C\CC[C@@H]34)C(C)C)cc2)O1. The van der Waals surface area contributed by atoms with Gasteiger partial charge in [0.15, 0.2) is 29.9 Å². The summed E-state index contributed by atoms with van der Waals surface area (Å²) in [5.74, 6) is -5.85. The molecular weight excluding hydrogens is 1390 g/mol. The van der Waals surface area contributed by atoms with Crippen LogP contribution in [0.15, 0.2) is 60.2 Å². The van der Waals surface area contributed by atoms with Gasteiger partial charge in [-0.2, -0.15) is 0 Å². The zero-order valence-electron chi connectivity index (χ0n) is 61.9. The lowest BCUT2D eigenvalue weighted by Gasteiger charge is -2.63. The number of carbonyl (C=O) groups is 10. The average molecular weight is 1500 g/mol. The van der Waals surface area contributed by atoms with Crippen LogP contribution in [-0.4, -0.2) is 215 Å². The van der Waals surface area contributed by atoms with E-state index in [1.165, 1.54) is 43.3 Å². The number of nitrogens with two attached hydrogens (primary N) is 1. The molecule has 5 fully saturated rings. The molecule has 1 aromatic carbocycles. The van der Waals surface area contributed by atoms with Crippen molar-refractivity contribution in [3.63, 3.8) is 0 Å². The number of ether oxygens (including phenoxy) is 9. The number of benzene rings is 1. The maximum absolute atomic E-state index is 18.1. The lowest BCUT2D eigenvalue weighted by Crippen LogP contribution is -2.71. The molecule has 31 heteroatoms. The van der Waals surface area contributed by atoms with E-state index in [0.29, 0.717) is 82.3 Å². The summed E-state index contributed by atoms with van der Waals surface area (Å²) in [5, 5.41) is 40.4. The third-order valence-electron chi connectivity index (χ3n) is 21.8. The molecule has 6 aliphatic carbocycles. The molecule has 4 saturated carbocycles. The molecule has 0 aromatic heterocycles. The number of allylic oxidation sites excluding steroid dienone is 6. The Hall–Kier alpha value is -7.52. The first-order valence-corrected chi connectivity index (χ1v) is 37.3. The number of alkyl halides is 2. The van der Waals surface area contributed by atoms with Crippen molar-refractivity contribution in [3.8, 4) is 0 Å². The number of carbonyl (C=O) groups excluding carboxylic acids is 10. The Bertz CT molecular complexity index is 3290. The second-order valence-electron chi connectivity index (χ2n) is 29.8. The van der Waals surface area contributed by atoms with Crippen molar-refractivity contribution in [2.75, 3.05) is 91.1 Å². The maximum Gasteiger partial charge on any atom is 0.408 e. The van der Waals surface area contributed by atoms with Crippen LogP contribution in [0.25, 0.3) is 0 Å². The van der Waals surface area contributed by atoms with E-state index in [2.05, 4.69) is 49.4 Å². The number of hydrogen-bond acceptors (Lipinski definition) is 21. The van der Waals surface area contributed by atoms with Gasteiger partial charge in [-0.3, -0.25) is 28.8 Å². The molecule has 1 heterocycles. The Balaban J connectivity index is 0.736. The summed E-state index contributed by atoms with van der Waals surface area (Å²) >= 11 is 0. The van der Waals surface area contributed by atoms with Crippen molar-refractivity contribution >= 4 is 65.1 Å². The number of fused-ring (bicyclic) bond motifs is 8. The molecule has 11 N–H and O–H groups in total. The standard InChI is InChI=1S/C75H110F2N8O21/c1-8-14-63-105-61-38-52-53-37-55(76)54-36-48(87)22-24-72(54,6)74(53,77)59(88)39-73(52,7)75(61,106-63)60(89)43-102-68(94)57(35-44(2)3)83-66(92)58(40-86)84-71(97)103-41-46-18-20-47(21-19-46)81-65(91)56(17-13-25-79-69(78)95)82-67(93)64(45(4)5)85-62(90)23-27-98-29-31-100-33-34-101-32-30-99-28-26-80-70(96)104-42-51-49-15-11-9-10-12-16-50(49)51/h9-10,18-22,24,36,44-45,49-53,55-59,61,63-64,86,88H,8,11-17,23,25-35,37-43H2,1-7H3,(H,80,96)(H,81,91)(H,82,93)(H,83,92)(H,84,97)(H,85,90)(H3,78,79,95)/b10-9-/t49-,50+,51?,52?,53-,55-,56-,57-,58-,59-,61+,63?,64-,72-,73-,74-,75+/m0/s1. The molecule has 590 valence electrons. The van der Waals surface area contributed by atoms with Crippen LogP contribution < -0.4 is 43.0 Å². The van der Waals surface area contributed by atoms with E-state index >= 15 is 8.78 Å². The van der Waals surface area contributed by atoms with E-state index in [9.17, 15) is 58.2 Å². The smallest absolute Gasteiger partial charge is 0.408 e. The minimum absolute atomic E-state index is 0.0189. The molecule has 0 spiro atoms. The Morgan fingerprint density at radius 3 is 2.03 bits per heavy atom. The number of aliphatic hydroxyl groups excluding tert-OH is 2. The molecule has 106 heavy (non-hydrogen) atoms. The summed E-state index contributed by atoms with van der Waals surface area (Å²) in [5.41, 5.74) is -1.51. The minimum atomic E-state index is -2.45. The summed E-state index contributed by atoms with van der Waals surface area (Å²) in [7, 11) is 0. The monoisotopic (exact) mass is 1500 g/mol. The van der Waals surface area contributed by atoms with Crippen molar-refractivity contribution in [1.82, 2.24) is 31.9 Å². The van der Waals surface area contributed by atoms with Crippen molar-refractivity contribution in [3.05, 3.63) is 65.8 Å². The Morgan fingerprint density at radius 1 is 0.745 bits per heavy atom. The first kappa shape index (κ1) is 84.1. The number of nitrogens with one attached hydrogen (secondary N) is 7. The first-order valence-electron chi connectivity index (χ1n) is 37.3. The summed E-state index contributed by atoms with van der Waals surface area (Å²) in [6, 6.07) is -0.0230. The number of anilines is 1. The summed E-state index contributed by atoms with van der Waals surface area (Å²) in [4.78, 5) is 132. The zero-order valence-corrected chi connectivity index (χ0v) is 61.9. The number of ketones is 2. The van der Waals surface area contributed by atoms with Crippen LogP contribution in [0.5, 0.6) is 0 Å². The number of hydrogen-bond donors (Lipinski definition) is 10. The number of Topliss-reactive ketones (excluding diaryl/α,β-unsaturated/α-hetero) is 1. The number of primary amides is 1. The second kappa shape index (κ2) is 39.0. The quantitative estimate of drug-likeness (QED) is 0.0172. The highest BCUT2D eigenvalue weighted by Crippen LogP contribution is 2.72. The van der Waals surface area contributed by atoms with Gasteiger partial charge in [-0.15, -0.1) is 0 Å². The normalized spacial score (nSPS) is 28.9. The molecule has 8 rings (SSSR count). The third-order valence-corrected chi connectivity index (χ3v) is 21.8. The molecule has 0 radical (unpaired) electrons. The Labute approximate surface area is 617 Å². The lowest BCUT2D eigenvalue weighted by atomic mass is 9.44. The van der Waals surface area contributed by atoms with E-state index < -0.39 is 161 Å². The molecule has 8 amide bonds. The number of halogens is 2. The van der Waals surface area contributed by atoms with Crippen molar-refractivity contribution in [2.45, 2.75) is 199 Å². The molecule has 29 nitrogen and oxygen atoms in total. The minimum Gasteiger partial charge on any atom is -0.456 e. The highest BCUT2D eigenvalue weighted by Gasteiger charge is 2.80. The number of aliphatic hydroxyl groups is 2. The van der Waals surface area contributed by atoms with Gasteiger partial charge in [0.05, 0.1) is 78.3 Å². The van der Waals surface area contributed by atoms with Gasteiger partial charge in [-0.1, -0.05) is 78.3 Å². The highest BCUT2D eigenvalue weighted by molar-refractivity contribution is 6.02. The molecule has 1 aromatic rings. The number of alkyl carbamates (subject to hydrolysis) is 2. The van der Waals surface area contributed by atoms with E-state index in [0.717, 1.165) is 31.8 Å². The Kier molecular flexibility index (Phi) is 31.0. The molecule has 17 atom stereocenters. The van der Waals surface area contributed by atoms with Crippen LogP contribution >= 0.6 is 0 Å². The van der Waals surface area contributed by atoms with Gasteiger partial charge in [0.2, 0.25) is 29.4 Å². The third kappa shape index (κ3) is 21.0. The molecule has 7 aliphatic rings. The molecule has 1 saturated heterocycles. The topological polar surface area (TPSA) is 404 Å². The highest BCUT2D eigenvalue weighted by atomic mass is 19.1. The molecule has 3 unspecified atom stereocenters. The lowest BCUT2D eigenvalue weighted by molar-refractivity contribution is -0.235. The average Bonchev–Trinajstić information content (AvgIpc) is 1.34. The molecule has 1 aliphatic heterocycles. The summed E-state index contributed by atoms with van der Waals surface area (Å²) in [6.45, 7) is 12.8. The number of esters is 1. The van der Waals surface area contributed by atoms with E-state index in [4.69, 9.17) is 48.4 Å². The van der Waals surface area contributed by atoms with Gasteiger partial charge in [0, 0.05) is 41.9 Å². The van der Waals surface area contributed by atoms with Crippen LogP contribution in [0, 0.1) is 52.3 Å². The first-order chi connectivity index (χ1) is 50.6. The van der Waals surface area contributed by atoms with E-state index in [-0.39, 0.29) is 95.1 Å². The predicted octanol–water partition coefficient (Wildman–Crippen LogP) is 5.31. The molecular formula is C75H110F2N8O21. The van der Waals surface area contributed by atoms with Gasteiger partial charge in [-0.25, -0.2) is 28.0 Å². The number of rotatable bonds is 41. The summed E-state index contributed by atoms with van der Waals surface area (Å²) in [6.07, 6.45) is 6.11. The fourth-order valence-corrected chi connectivity index (χ4v) is 16.3. The zero-order chi connectivity index (χ0) is 76.9. The van der Waals surface area contributed by atoms with E-state index in [1.807, 2.05) is 6.92 Å². The fourth-order valence-electron chi connectivity index (χ4n) is 16.3. The number of amides is 8. The van der Waals surface area contributed by atoms with Crippen LogP contribution in [0.1, 0.15) is 138 Å². The predicted molar refractivity (Wildman–Crippen MR) is 379 cm³/mol. The largest absolute Gasteiger partial charge is 0.456 e. The van der Waals surface area contributed by atoms with Gasteiger partial charge < -0.3 is 95.8 Å². The van der Waals surface area contributed by atoms with Crippen molar-refractivity contribution < 1.29 is 110 Å². The van der Waals surface area contributed by atoms with E-state index in [1.54, 1.807) is 34.6 Å². The van der Waals surface area contributed by atoms with Crippen molar-refractivity contribution in [2.24, 2.45) is 58.0 Å². The fraction of sp³-hybridized carbons (Fsp3) is 0.707. The van der Waals surface area contributed by atoms with Gasteiger partial charge >= 0.3 is 24.2 Å². The summed E-state index contributed by atoms with van der Waals surface area (Å²) < 4.78 is 85.9. The van der Waals surface area contributed by atoms with Gasteiger partial charge in [0.1, 0.15) is 36.9 Å². The van der Waals surface area contributed by atoms with Gasteiger partial charge in [0.25, 0.3) is 0 Å². The van der Waals surface area contributed by atoms with Crippen LogP contribution in [0.4, 0.5) is 28.9 Å². The van der Waals surface area contributed by atoms with Crippen molar-refractivity contribution in [1.29, 1.82) is 0 Å². The van der Waals surface area contributed by atoms with Crippen LogP contribution in [-0.2, 0) is 82.8 Å². The molecule has 0 bridgehead atoms. The van der Waals surface area contributed by atoms with Gasteiger partial charge in [-0.05, 0) is 148 Å². The van der Waals surface area contributed by atoms with Crippen LogP contribution in [0.2, 0.25) is 0 Å².